The lowest BCUT2D eigenvalue weighted by Gasteiger charge is -2.34. The third-order valence-electron chi connectivity index (χ3n) is 4.37. The summed E-state index contributed by atoms with van der Waals surface area (Å²) >= 11 is 1.26. The van der Waals surface area contributed by atoms with E-state index in [1.54, 1.807) is 4.90 Å². The van der Waals surface area contributed by atoms with Gasteiger partial charge in [0, 0.05) is 32.6 Å². The SMILES string of the molecule is CCCc1nc(SCC(=O)N2CCN(S(=O)(=O)c3ccc(F)cc3)CC2)n[nH]1. The number of nitrogens with one attached hydrogen (secondary N) is 1. The summed E-state index contributed by atoms with van der Waals surface area (Å²) in [5.74, 6) is 0.441. The highest BCUT2D eigenvalue weighted by Crippen LogP contribution is 2.19. The summed E-state index contributed by atoms with van der Waals surface area (Å²) in [7, 11) is -3.69. The Balaban J connectivity index is 1.51. The number of benzene rings is 1. The number of thioether (sulfide) groups is 1. The van der Waals surface area contributed by atoms with Crippen LogP contribution in [0.3, 0.4) is 0 Å². The van der Waals surface area contributed by atoms with E-state index >= 15 is 0 Å². The van der Waals surface area contributed by atoms with Gasteiger partial charge >= 0.3 is 0 Å². The number of carbonyl (C=O) groups excluding carboxylic acids is 1. The number of piperazine rings is 1. The number of hydrogen-bond acceptors (Lipinski definition) is 6. The molecule has 8 nitrogen and oxygen atoms in total. The lowest BCUT2D eigenvalue weighted by atomic mass is 10.3. The molecule has 2 heterocycles. The number of aromatic nitrogens is 3. The van der Waals surface area contributed by atoms with Gasteiger partial charge in [0.1, 0.15) is 11.6 Å². The van der Waals surface area contributed by atoms with Crippen molar-refractivity contribution >= 4 is 27.7 Å². The highest BCUT2D eigenvalue weighted by Gasteiger charge is 2.30. The van der Waals surface area contributed by atoms with Crippen molar-refractivity contribution < 1.29 is 17.6 Å². The highest BCUT2D eigenvalue weighted by atomic mass is 32.2. The van der Waals surface area contributed by atoms with E-state index in [2.05, 4.69) is 22.1 Å². The minimum atomic E-state index is -3.69. The number of aryl methyl sites for hydroxylation is 1. The second-order valence-electron chi connectivity index (χ2n) is 6.34. The van der Waals surface area contributed by atoms with Crippen molar-refractivity contribution in [3.05, 3.63) is 35.9 Å². The minimum absolute atomic E-state index is 0.0525. The van der Waals surface area contributed by atoms with E-state index in [9.17, 15) is 17.6 Å². The van der Waals surface area contributed by atoms with E-state index in [1.165, 1.54) is 28.2 Å². The fraction of sp³-hybridized carbons (Fsp3) is 0.471. The molecule has 0 aliphatic carbocycles. The third kappa shape index (κ3) is 4.89. The average Bonchev–Trinajstić information content (AvgIpc) is 3.14. The van der Waals surface area contributed by atoms with Crippen LogP contribution in [0.4, 0.5) is 4.39 Å². The van der Waals surface area contributed by atoms with Gasteiger partial charge in [0.15, 0.2) is 0 Å². The quantitative estimate of drug-likeness (QED) is 0.673. The maximum Gasteiger partial charge on any atom is 0.243 e. The molecule has 0 unspecified atom stereocenters. The molecule has 0 saturated carbocycles. The van der Waals surface area contributed by atoms with Gasteiger partial charge < -0.3 is 4.90 Å². The molecule has 1 fully saturated rings. The Morgan fingerprint density at radius 1 is 1.21 bits per heavy atom. The second kappa shape index (κ2) is 9.01. The first-order valence-corrected chi connectivity index (χ1v) is 11.4. The van der Waals surface area contributed by atoms with Gasteiger partial charge in [0.05, 0.1) is 10.6 Å². The molecular weight excluding hydrogens is 405 g/mol. The van der Waals surface area contributed by atoms with Gasteiger partial charge in [-0.15, -0.1) is 5.10 Å². The van der Waals surface area contributed by atoms with Crippen molar-refractivity contribution in [2.75, 3.05) is 31.9 Å². The van der Waals surface area contributed by atoms with Crippen molar-refractivity contribution in [3.63, 3.8) is 0 Å². The van der Waals surface area contributed by atoms with Gasteiger partial charge in [-0.05, 0) is 30.7 Å². The van der Waals surface area contributed by atoms with Crippen LogP contribution >= 0.6 is 11.8 Å². The summed E-state index contributed by atoms with van der Waals surface area (Å²) in [5, 5.41) is 7.46. The van der Waals surface area contributed by atoms with E-state index in [-0.39, 0.29) is 29.6 Å². The molecule has 1 N–H and O–H groups in total. The molecule has 2 aromatic rings. The van der Waals surface area contributed by atoms with Crippen LogP contribution in [-0.4, -0.2) is 70.6 Å². The molecule has 1 amide bonds. The average molecular weight is 428 g/mol. The maximum atomic E-state index is 13.0. The smallest absolute Gasteiger partial charge is 0.243 e. The van der Waals surface area contributed by atoms with Crippen molar-refractivity contribution in [2.24, 2.45) is 0 Å². The number of halogens is 1. The molecule has 1 saturated heterocycles. The Labute approximate surface area is 167 Å². The number of amides is 1. The van der Waals surface area contributed by atoms with E-state index < -0.39 is 15.8 Å². The Hall–Kier alpha value is -1.98. The van der Waals surface area contributed by atoms with Crippen LogP contribution in [0.1, 0.15) is 19.2 Å². The predicted molar refractivity (Wildman–Crippen MR) is 103 cm³/mol. The Morgan fingerprint density at radius 2 is 1.89 bits per heavy atom. The van der Waals surface area contributed by atoms with Crippen molar-refractivity contribution in [2.45, 2.75) is 29.8 Å². The molecule has 1 aromatic heterocycles. The number of H-pyrrole nitrogens is 1. The number of sulfonamides is 1. The largest absolute Gasteiger partial charge is 0.339 e. The summed E-state index contributed by atoms with van der Waals surface area (Å²) < 4.78 is 39.6. The van der Waals surface area contributed by atoms with Crippen LogP contribution in [0.25, 0.3) is 0 Å². The molecule has 1 aliphatic heterocycles. The molecule has 0 atom stereocenters. The maximum absolute atomic E-state index is 13.0. The van der Waals surface area contributed by atoms with Gasteiger partial charge in [-0.1, -0.05) is 18.7 Å². The van der Waals surface area contributed by atoms with Crippen molar-refractivity contribution in [3.8, 4) is 0 Å². The normalized spacial score (nSPS) is 15.7. The van der Waals surface area contributed by atoms with E-state index in [1.807, 2.05) is 0 Å². The van der Waals surface area contributed by atoms with Gasteiger partial charge in [0.25, 0.3) is 0 Å². The summed E-state index contributed by atoms with van der Waals surface area (Å²) in [6.07, 6.45) is 1.77. The summed E-state index contributed by atoms with van der Waals surface area (Å²) in [6.45, 7) is 3.09. The number of carbonyl (C=O) groups is 1. The topological polar surface area (TPSA) is 99.3 Å². The Bertz CT molecular complexity index is 909. The standard InChI is InChI=1S/C17H22FN5O3S2/c1-2-3-15-19-17(21-20-15)27-12-16(24)22-8-10-23(11-9-22)28(25,26)14-6-4-13(18)5-7-14/h4-7H,2-3,8-12H2,1H3,(H,19,20,21). The van der Waals surface area contributed by atoms with Crippen LogP contribution in [0, 0.1) is 5.82 Å². The van der Waals surface area contributed by atoms with Crippen LogP contribution in [0.2, 0.25) is 0 Å². The lowest BCUT2D eigenvalue weighted by Crippen LogP contribution is -2.50. The highest BCUT2D eigenvalue weighted by molar-refractivity contribution is 7.99. The summed E-state index contributed by atoms with van der Waals surface area (Å²) in [5.41, 5.74) is 0. The van der Waals surface area contributed by atoms with Gasteiger partial charge in [-0.25, -0.2) is 17.8 Å². The number of aromatic amines is 1. The first-order chi connectivity index (χ1) is 13.4. The zero-order valence-electron chi connectivity index (χ0n) is 15.5. The molecule has 1 aliphatic rings. The molecule has 152 valence electrons. The van der Waals surface area contributed by atoms with Crippen LogP contribution in [0.15, 0.2) is 34.3 Å². The molecular formula is C17H22FN5O3S2. The summed E-state index contributed by atoms with van der Waals surface area (Å²) in [6, 6.07) is 4.75. The molecule has 0 spiro atoms. The molecule has 3 rings (SSSR count). The number of rotatable bonds is 7. The summed E-state index contributed by atoms with van der Waals surface area (Å²) in [4.78, 5) is 18.4. The van der Waals surface area contributed by atoms with E-state index in [0.29, 0.717) is 18.2 Å². The van der Waals surface area contributed by atoms with E-state index in [0.717, 1.165) is 30.8 Å². The zero-order valence-corrected chi connectivity index (χ0v) is 17.1. The molecule has 28 heavy (non-hydrogen) atoms. The number of hydrogen-bond donors (Lipinski definition) is 1. The number of nitrogens with zero attached hydrogens (tertiary/aromatic N) is 4. The minimum Gasteiger partial charge on any atom is -0.339 e. The first kappa shape index (κ1) is 20.7. The predicted octanol–water partition coefficient (Wildman–Crippen LogP) is 1.52. The lowest BCUT2D eigenvalue weighted by molar-refractivity contribution is -0.129. The molecule has 0 radical (unpaired) electrons. The fourth-order valence-corrected chi connectivity index (χ4v) is 4.98. The zero-order chi connectivity index (χ0) is 20.1. The van der Waals surface area contributed by atoms with Crippen molar-refractivity contribution in [1.82, 2.24) is 24.4 Å². The van der Waals surface area contributed by atoms with Gasteiger partial charge in [0.2, 0.25) is 21.1 Å². The van der Waals surface area contributed by atoms with Gasteiger partial charge in [-0.2, -0.15) is 4.31 Å². The fourth-order valence-electron chi connectivity index (χ4n) is 2.84. The van der Waals surface area contributed by atoms with Crippen molar-refractivity contribution in [1.29, 1.82) is 0 Å². The van der Waals surface area contributed by atoms with Crippen LogP contribution in [0.5, 0.6) is 0 Å². The monoisotopic (exact) mass is 427 g/mol. The Morgan fingerprint density at radius 3 is 2.54 bits per heavy atom. The third-order valence-corrected chi connectivity index (χ3v) is 7.11. The molecule has 1 aromatic carbocycles. The molecule has 11 heteroatoms. The van der Waals surface area contributed by atoms with E-state index in [4.69, 9.17) is 0 Å². The second-order valence-corrected chi connectivity index (χ2v) is 9.22. The van der Waals surface area contributed by atoms with Crippen LogP contribution in [-0.2, 0) is 21.2 Å². The Kier molecular flexibility index (Phi) is 6.68. The molecule has 0 bridgehead atoms. The first-order valence-electron chi connectivity index (χ1n) is 8.97. The van der Waals surface area contributed by atoms with Gasteiger partial charge in [-0.3, -0.25) is 9.89 Å². The van der Waals surface area contributed by atoms with Crippen LogP contribution < -0.4 is 0 Å².